The minimum atomic E-state index is -1.33. The minimum Gasteiger partial charge on any atom is -0.418 e. The molecule has 0 N–H and O–H groups in total. The Morgan fingerprint density at radius 3 is 2.79 bits per heavy atom. The van der Waals surface area contributed by atoms with Crippen LogP contribution < -0.4 is 0 Å². The number of hydrogen-bond donors (Lipinski definition) is 0. The second kappa shape index (κ2) is 5.68. The van der Waals surface area contributed by atoms with Gasteiger partial charge < -0.3 is 4.43 Å². The summed E-state index contributed by atoms with van der Waals surface area (Å²) >= 11 is 1.86. The van der Waals surface area contributed by atoms with Crippen LogP contribution in [0.15, 0.2) is 17.5 Å². The van der Waals surface area contributed by atoms with Gasteiger partial charge in [-0.05, 0) is 50.3 Å². The van der Waals surface area contributed by atoms with Gasteiger partial charge in [0.05, 0.1) is 0 Å². The van der Waals surface area contributed by atoms with E-state index >= 15 is 0 Å². The van der Waals surface area contributed by atoms with Crippen molar-refractivity contribution in [1.82, 2.24) is 0 Å². The SMILES string of the molecule is CCO[Si](C)(C)CCCc1cccs1. The molecule has 1 heterocycles. The van der Waals surface area contributed by atoms with Crippen molar-refractivity contribution in [2.75, 3.05) is 6.61 Å². The van der Waals surface area contributed by atoms with Crippen molar-refractivity contribution in [2.45, 2.75) is 38.9 Å². The van der Waals surface area contributed by atoms with Gasteiger partial charge in [0.1, 0.15) is 0 Å². The van der Waals surface area contributed by atoms with Crippen LogP contribution in [-0.2, 0) is 10.8 Å². The number of rotatable bonds is 6. The second-order valence-electron chi connectivity index (χ2n) is 4.13. The third-order valence-corrected chi connectivity index (χ3v) is 5.88. The molecule has 1 nitrogen and oxygen atoms in total. The normalized spacial score (nSPS) is 11.9. The molecule has 80 valence electrons. The molecule has 0 unspecified atom stereocenters. The van der Waals surface area contributed by atoms with Crippen LogP contribution >= 0.6 is 11.3 Å². The molecule has 3 heteroatoms. The summed E-state index contributed by atoms with van der Waals surface area (Å²) < 4.78 is 5.79. The number of thiophene rings is 1. The molecule has 0 saturated carbocycles. The lowest BCUT2D eigenvalue weighted by atomic mass is 10.3. The lowest BCUT2D eigenvalue weighted by Gasteiger charge is -2.21. The standard InChI is InChI=1S/C11H20OSSi/c1-4-12-14(2,3)10-6-8-11-7-5-9-13-11/h5,7,9H,4,6,8,10H2,1-3H3. The van der Waals surface area contributed by atoms with Crippen LogP contribution in [-0.4, -0.2) is 14.9 Å². The van der Waals surface area contributed by atoms with Crippen molar-refractivity contribution in [3.8, 4) is 0 Å². The van der Waals surface area contributed by atoms with E-state index in [1.54, 1.807) is 0 Å². The van der Waals surface area contributed by atoms with Gasteiger partial charge in [0.2, 0.25) is 0 Å². The molecule has 0 aromatic carbocycles. The number of aryl methyl sites for hydroxylation is 1. The van der Waals surface area contributed by atoms with Crippen LogP contribution in [0.4, 0.5) is 0 Å². The van der Waals surface area contributed by atoms with Crippen molar-refractivity contribution in [3.05, 3.63) is 22.4 Å². The van der Waals surface area contributed by atoms with Gasteiger partial charge >= 0.3 is 0 Å². The Balaban J connectivity index is 2.20. The maximum Gasteiger partial charge on any atom is 0.186 e. The van der Waals surface area contributed by atoms with Crippen molar-refractivity contribution in [3.63, 3.8) is 0 Å². The first-order valence-electron chi connectivity index (χ1n) is 5.30. The molecule has 0 spiro atoms. The average Bonchev–Trinajstić information content (AvgIpc) is 2.56. The van der Waals surface area contributed by atoms with Gasteiger partial charge in [0.15, 0.2) is 8.32 Å². The molecular weight excluding hydrogens is 208 g/mol. The van der Waals surface area contributed by atoms with Crippen LogP contribution in [0.1, 0.15) is 18.2 Å². The zero-order chi connectivity index (χ0) is 10.4. The van der Waals surface area contributed by atoms with Gasteiger partial charge in [-0.3, -0.25) is 0 Å². The predicted molar refractivity (Wildman–Crippen MR) is 66.6 cm³/mol. The predicted octanol–water partition coefficient (Wildman–Crippen LogP) is 3.92. The molecule has 0 amide bonds. The van der Waals surface area contributed by atoms with Crippen LogP contribution in [0.5, 0.6) is 0 Å². The Bertz CT molecular complexity index is 244. The topological polar surface area (TPSA) is 9.23 Å². The third-order valence-electron chi connectivity index (χ3n) is 2.32. The fourth-order valence-electron chi connectivity index (χ4n) is 1.61. The minimum absolute atomic E-state index is 0.873. The summed E-state index contributed by atoms with van der Waals surface area (Å²) in [5.74, 6) is 0. The highest BCUT2D eigenvalue weighted by Crippen LogP contribution is 2.18. The molecule has 0 aliphatic rings. The number of hydrogen-bond acceptors (Lipinski definition) is 2. The van der Waals surface area contributed by atoms with E-state index in [0.717, 1.165) is 6.61 Å². The Morgan fingerprint density at radius 2 is 2.21 bits per heavy atom. The van der Waals surface area contributed by atoms with Crippen LogP contribution in [0.25, 0.3) is 0 Å². The van der Waals surface area contributed by atoms with Crippen LogP contribution in [0.3, 0.4) is 0 Å². The highest BCUT2D eigenvalue weighted by Gasteiger charge is 2.20. The maximum absolute atomic E-state index is 5.79. The fourth-order valence-corrected chi connectivity index (χ4v) is 4.31. The first-order valence-corrected chi connectivity index (χ1v) is 9.30. The second-order valence-corrected chi connectivity index (χ2v) is 9.47. The molecule has 0 atom stereocenters. The monoisotopic (exact) mass is 228 g/mol. The molecule has 0 saturated heterocycles. The molecule has 1 rings (SSSR count). The fraction of sp³-hybridized carbons (Fsp3) is 0.636. The van der Waals surface area contributed by atoms with E-state index in [0.29, 0.717) is 0 Å². The average molecular weight is 228 g/mol. The van der Waals surface area contributed by atoms with Gasteiger partial charge in [0, 0.05) is 11.5 Å². The summed E-state index contributed by atoms with van der Waals surface area (Å²) in [5, 5.41) is 2.15. The highest BCUT2D eigenvalue weighted by molar-refractivity contribution is 7.09. The third kappa shape index (κ3) is 4.40. The molecule has 0 radical (unpaired) electrons. The first kappa shape index (κ1) is 11.9. The van der Waals surface area contributed by atoms with Crippen molar-refractivity contribution >= 4 is 19.7 Å². The van der Waals surface area contributed by atoms with Crippen LogP contribution in [0, 0.1) is 0 Å². The molecule has 0 bridgehead atoms. The maximum atomic E-state index is 5.79. The Hall–Kier alpha value is -0.123. The molecular formula is C11H20OSSi. The Labute approximate surface area is 92.2 Å². The molecule has 0 fully saturated rings. The van der Waals surface area contributed by atoms with E-state index in [1.807, 2.05) is 11.3 Å². The van der Waals surface area contributed by atoms with E-state index in [1.165, 1.54) is 23.8 Å². The summed E-state index contributed by atoms with van der Waals surface area (Å²) in [7, 11) is -1.33. The van der Waals surface area contributed by atoms with Crippen molar-refractivity contribution < 1.29 is 4.43 Å². The van der Waals surface area contributed by atoms with E-state index in [2.05, 4.69) is 37.5 Å². The Kier molecular flexibility index (Phi) is 4.85. The van der Waals surface area contributed by atoms with E-state index in [-0.39, 0.29) is 0 Å². The highest BCUT2D eigenvalue weighted by atomic mass is 32.1. The summed E-state index contributed by atoms with van der Waals surface area (Å²) in [6.07, 6.45) is 2.50. The van der Waals surface area contributed by atoms with Crippen molar-refractivity contribution in [2.24, 2.45) is 0 Å². The first-order chi connectivity index (χ1) is 6.64. The molecule has 14 heavy (non-hydrogen) atoms. The van der Waals surface area contributed by atoms with E-state index < -0.39 is 8.32 Å². The molecule has 0 aliphatic carbocycles. The van der Waals surface area contributed by atoms with Crippen molar-refractivity contribution in [1.29, 1.82) is 0 Å². The quantitative estimate of drug-likeness (QED) is 0.671. The van der Waals surface area contributed by atoms with E-state index in [9.17, 15) is 0 Å². The van der Waals surface area contributed by atoms with Gasteiger partial charge in [0.25, 0.3) is 0 Å². The largest absolute Gasteiger partial charge is 0.418 e. The zero-order valence-electron chi connectivity index (χ0n) is 9.38. The Morgan fingerprint density at radius 1 is 1.43 bits per heavy atom. The van der Waals surface area contributed by atoms with Gasteiger partial charge in [-0.1, -0.05) is 6.07 Å². The van der Waals surface area contributed by atoms with Gasteiger partial charge in [-0.15, -0.1) is 11.3 Å². The van der Waals surface area contributed by atoms with Crippen LogP contribution in [0.2, 0.25) is 19.1 Å². The smallest absolute Gasteiger partial charge is 0.186 e. The summed E-state index contributed by atoms with van der Waals surface area (Å²) in [4.78, 5) is 1.51. The van der Waals surface area contributed by atoms with Gasteiger partial charge in [-0.2, -0.15) is 0 Å². The molecule has 0 aliphatic heterocycles. The molecule has 1 aromatic rings. The summed E-state index contributed by atoms with van der Waals surface area (Å²) in [6, 6.07) is 5.63. The summed E-state index contributed by atoms with van der Waals surface area (Å²) in [6.45, 7) is 7.59. The van der Waals surface area contributed by atoms with Gasteiger partial charge in [-0.25, -0.2) is 0 Å². The zero-order valence-corrected chi connectivity index (χ0v) is 11.2. The lowest BCUT2D eigenvalue weighted by Crippen LogP contribution is -2.29. The summed E-state index contributed by atoms with van der Waals surface area (Å²) in [5.41, 5.74) is 0. The molecule has 1 aromatic heterocycles. The van der Waals surface area contributed by atoms with E-state index in [4.69, 9.17) is 4.43 Å². The lowest BCUT2D eigenvalue weighted by molar-refractivity contribution is 0.328.